The van der Waals surface area contributed by atoms with E-state index in [0.717, 1.165) is 12.1 Å². The molecule has 70 valence electrons. The number of nitrogen functional groups attached to an aromatic ring is 1. The van der Waals surface area contributed by atoms with Crippen LogP contribution in [0.3, 0.4) is 0 Å². The van der Waals surface area contributed by atoms with Crippen molar-refractivity contribution in [2.75, 3.05) is 12.8 Å². The Morgan fingerprint density at radius 2 is 2.23 bits per heavy atom. The highest BCUT2D eigenvalue weighted by molar-refractivity contribution is 5.96. The number of anilines is 1. The highest BCUT2D eigenvalue weighted by atomic mass is 19.1. The highest BCUT2D eigenvalue weighted by Crippen LogP contribution is 2.27. The Morgan fingerprint density at radius 3 is 2.77 bits per heavy atom. The molecule has 0 spiro atoms. The van der Waals surface area contributed by atoms with Gasteiger partial charge in [-0.25, -0.2) is 9.18 Å². The van der Waals surface area contributed by atoms with Gasteiger partial charge in [0.15, 0.2) is 11.6 Å². The van der Waals surface area contributed by atoms with Gasteiger partial charge in [0.05, 0.1) is 18.4 Å². The predicted octanol–water partition coefficient (Wildman–Crippen LogP) is 0.900. The molecule has 1 aromatic carbocycles. The number of phenolic OH excluding ortho intramolecular Hbond substituents is 1. The predicted molar refractivity (Wildman–Crippen MR) is 43.8 cm³/mol. The summed E-state index contributed by atoms with van der Waals surface area (Å²) in [6.07, 6.45) is 0. The van der Waals surface area contributed by atoms with Crippen LogP contribution in [-0.2, 0) is 4.74 Å². The maximum atomic E-state index is 12.6. The summed E-state index contributed by atoms with van der Waals surface area (Å²) in [5, 5.41) is 9.02. The number of halogens is 1. The van der Waals surface area contributed by atoms with E-state index in [9.17, 15) is 9.18 Å². The second kappa shape index (κ2) is 3.30. The third-order valence-corrected chi connectivity index (χ3v) is 1.57. The second-order valence-corrected chi connectivity index (χ2v) is 2.35. The summed E-state index contributed by atoms with van der Waals surface area (Å²) in [6.45, 7) is 0. The van der Waals surface area contributed by atoms with Crippen molar-refractivity contribution in [2.45, 2.75) is 0 Å². The molecule has 3 N–H and O–H groups in total. The van der Waals surface area contributed by atoms with E-state index in [4.69, 9.17) is 10.8 Å². The molecule has 0 aliphatic heterocycles. The average Bonchev–Trinajstić information content (AvgIpc) is 2.13. The first kappa shape index (κ1) is 9.31. The third kappa shape index (κ3) is 1.53. The summed E-state index contributed by atoms with van der Waals surface area (Å²) in [6, 6.07) is 2.09. The first-order valence-corrected chi connectivity index (χ1v) is 3.43. The van der Waals surface area contributed by atoms with Crippen molar-refractivity contribution >= 4 is 11.7 Å². The first-order valence-electron chi connectivity index (χ1n) is 3.43. The Hall–Kier alpha value is -1.78. The van der Waals surface area contributed by atoms with Gasteiger partial charge >= 0.3 is 5.97 Å². The zero-order valence-corrected chi connectivity index (χ0v) is 6.87. The molecular weight excluding hydrogens is 177 g/mol. The van der Waals surface area contributed by atoms with Crippen LogP contribution in [0.5, 0.6) is 5.75 Å². The Balaban J connectivity index is 3.26. The molecule has 4 nitrogen and oxygen atoms in total. The van der Waals surface area contributed by atoms with Crippen LogP contribution in [-0.4, -0.2) is 18.2 Å². The number of carbonyl (C=O) groups excluding carboxylic acids is 1. The molecule has 0 fully saturated rings. The standard InChI is InChI=1S/C8H8FNO3/c1-13-8(12)4-2-3-5(9)7(11)6(4)10/h2-3,11H,10H2,1H3. The lowest BCUT2D eigenvalue weighted by Gasteiger charge is -2.05. The molecule has 0 unspecified atom stereocenters. The number of aromatic hydroxyl groups is 1. The Labute approximate surface area is 73.7 Å². The molecule has 0 aliphatic rings. The molecule has 1 rings (SSSR count). The van der Waals surface area contributed by atoms with Crippen LogP contribution in [0.25, 0.3) is 0 Å². The van der Waals surface area contributed by atoms with Crippen LogP contribution in [0, 0.1) is 5.82 Å². The van der Waals surface area contributed by atoms with E-state index in [1.807, 2.05) is 0 Å². The summed E-state index contributed by atoms with van der Waals surface area (Å²) in [5.41, 5.74) is 4.90. The van der Waals surface area contributed by atoms with Crippen LogP contribution in [0.4, 0.5) is 10.1 Å². The number of methoxy groups -OCH3 is 1. The van der Waals surface area contributed by atoms with Crippen molar-refractivity contribution in [3.8, 4) is 5.75 Å². The van der Waals surface area contributed by atoms with Gasteiger partial charge in [0.2, 0.25) is 0 Å². The van der Waals surface area contributed by atoms with E-state index in [2.05, 4.69) is 4.74 Å². The lowest BCUT2D eigenvalue weighted by molar-refractivity contribution is 0.0601. The number of hydrogen-bond acceptors (Lipinski definition) is 4. The first-order chi connectivity index (χ1) is 6.07. The van der Waals surface area contributed by atoms with Gasteiger partial charge in [-0.1, -0.05) is 0 Å². The third-order valence-electron chi connectivity index (χ3n) is 1.57. The summed E-state index contributed by atoms with van der Waals surface area (Å²) >= 11 is 0. The smallest absolute Gasteiger partial charge is 0.340 e. The lowest BCUT2D eigenvalue weighted by atomic mass is 10.1. The summed E-state index contributed by atoms with van der Waals surface area (Å²) in [5.74, 6) is -2.32. The highest BCUT2D eigenvalue weighted by Gasteiger charge is 2.15. The van der Waals surface area contributed by atoms with Crippen LogP contribution in [0.15, 0.2) is 12.1 Å². The zero-order chi connectivity index (χ0) is 10.0. The lowest BCUT2D eigenvalue weighted by Crippen LogP contribution is -2.06. The van der Waals surface area contributed by atoms with Crippen LogP contribution < -0.4 is 5.73 Å². The molecule has 0 aliphatic carbocycles. The molecule has 0 radical (unpaired) electrons. The Kier molecular flexibility index (Phi) is 2.36. The molecule has 0 saturated carbocycles. The summed E-state index contributed by atoms with van der Waals surface area (Å²) in [4.78, 5) is 11.0. The topological polar surface area (TPSA) is 72.5 Å². The molecule has 0 bridgehead atoms. The van der Waals surface area contributed by atoms with Gasteiger partial charge in [-0.3, -0.25) is 0 Å². The van der Waals surface area contributed by atoms with E-state index in [0.29, 0.717) is 0 Å². The zero-order valence-electron chi connectivity index (χ0n) is 6.87. The number of nitrogens with two attached hydrogens (primary N) is 1. The maximum absolute atomic E-state index is 12.6. The molecule has 0 aromatic heterocycles. The average molecular weight is 185 g/mol. The van der Waals surface area contributed by atoms with Gasteiger partial charge in [-0.15, -0.1) is 0 Å². The summed E-state index contributed by atoms with van der Waals surface area (Å²) in [7, 11) is 1.17. The molecule has 13 heavy (non-hydrogen) atoms. The van der Waals surface area contributed by atoms with Crippen molar-refractivity contribution in [3.63, 3.8) is 0 Å². The fourth-order valence-corrected chi connectivity index (χ4v) is 0.869. The second-order valence-electron chi connectivity index (χ2n) is 2.35. The monoisotopic (exact) mass is 185 g/mol. The van der Waals surface area contributed by atoms with E-state index >= 15 is 0 Å². The number of ether oxygens (including phenoxy) is 1. The largest absolute Gasteiger partial charge is 0.503 e. The minimum Gasteiger partial charge on any atom is -0.503 e. The number of rotatable bonds is 1. The van der Waals surface area contributed by atoms with Gasteiger partial charge in [0.25, 0.3) is 0 Å². The van der Waals surface area contributed by atoms with Crippen LogP contribution in [0.1, 0.15) is 10.4 Å². The molecule has 1 aromatic rings. The minimum absolute atomic E-state index is 0.0543. The van der Waals surface area contributed by atoms with E-state index < -0.39 is 17.5 Å². The number of esters is 1. The quantitative estimate of drug-likeness (QED) is 0.387. The van der Waals surface area contributed by atoms with Gasteiger partial charge < -0.3 is 15.6 Å². The summed E-state index contributed by atoms with van der Waals surface area (Å²) < 4.78 is 17.0. The fraction of sp³-hybridized carbons (Fsp3) is 0.125. The number of phenols is 1. The number of benzene rings is 1. The van der Waals surface area contributed by atoms with E-state index in [-0.39, 0.29) is 11.3 Å². The molecule has 0 saturated heterocycles. The molecular formula is C8H8FNO3. The Morgan fingerprint density at radius 1 is 1.62 bits per heavy atom. The SMILES string of the molecule is COC(=O)c1ccc(F)c(O)c1N. The number of carbonyl (C=O) groups is 1. The van der Waals surface area contributed by atoms with Crippen molar-refractivity contribution < 1.29 is 19.0 Å². The molecule has 0 amide bonds. The molecule has 0 heterocycles. The molecule has 0 atom stereocenters. The van der Waals surface area contributed by atoms with Gasteiger partial charge in [0.1, 0.15) is 0 Å². The van der Waals surface area contributed by atoms with Crippen LogP contribution in [0.2, 0.25) is 0 Å². The Bertz CT molecular complexity index is 351. The van der Waals surface area contributed by atoms with Gasteiger partial charge in [-0.05, 0) is 12.1 Å². The van der Waals surface area contributed by atoms with Crippen molar-refractivity contribution in [1.29, 1.82) is 0 Å². The maximum Gasteiger partial charge on any atom is 0.340 e. The minimum atomic E-state index is -0.870. The van der Waals surface area contributed by atoms with E-state index in [1.165, 1.54) is 7.11 Å². The van der Waals surface area contributed by atoms with E-state index in [1.54, 1.807) is 0 Å². The van der Waals surface area contributed by atoms with Gasteiger partial charge in [0, 0.05) is 0 Å². The van der Waals surface area contributed by atoms with Gasteiger partial charge in [-0.2, -0.15) is 0 Å². The molecule has 5 heteroatoms. The van der Waals surface area contributed by atoms with Crippen molar-refractivity contribution in [1.82, 2.24) is 0 Å². The van der Waals surface area contributed by atoms with Crippen molar-refractivity contribution in [3.05, 3.63) is 23.5 Å². The van der Waals surface area contributed by atoms with Crippen LogP contribution >= 0.6 is 0 Å². The number of hydrogen-bond donors (Lipinski definition) is 2. The fourth-order valence-electron chi connectivity index (χ4n) is 0.869. The van der Waals surface area contributed by atoms with Crippen molar-refractivity contribution in [2.24, 2.45) is 0 Å². The normalized spacial score (nSPS) is 9.69.